The summed E-state index contributed by atoms with van der Waals surface area (Å²) in [6.45, 7) is 12.3. The Labute approximate surface area is 212 Å². The van der Waals surface area contributed by atoms with Crippen LogP contribution in [-0.2, 0) is 6.54 Å². The van der Waals surface area contributed by atoms with E-state index in [1.165, 1.54) is 0 Å². The molecule has 0 aliphatic carbocycles. The molecule has 1 amide bonds. The second kappa shape index (κ2) is 10.9. The lowest BCUT2D eigenvalue weighted by molar-refractivity contribution is 0.0940. The van der Waals surface area contributed by atoms with E-state index >= 15 is 0 Å². The lowest BCUT2D eigenvalue weighted by Crippen LogP contribution is -2.26. The number of hydrogen-bond donors (Lipinski definition) is 1. The number of nitrogens with one attached hydrogen (secondary N) is 1. The highest BCUT2D eigenvalue weighted by Crippen LogP contribution is 2.23. The fraction of sp³-hybridized carbons (Fsp3) is 0.161. The van der Waals surface area contributed by atoms with Crippen LogP contribution in [0.1, 0.15) is 45.8 Å². The molecule has 0 saturated heterocycles. The number of carbonyl (C=O) groups excluding carboxylic acids is 1. The van der Waals surface area contributed by atoms with Gasteiger partial charge in [0.05, 0.1) is 24.2 Å². The Morgan fingerprint density at radius 2 is 1.83 bits per heavy atom. The monoisotopic (exact) mass is 477 g/mol. The number of nitrogens with zero attached hydrogens (tertiary/aromatic N) is 2. The molecule has 0 radical (unpaired) electrons. The van der Waals surface area contributed by atoms with E-state index in [2.05, 4.69) is 47.3 Å². The van der Waals surface area contributed by atoms with Crippen molar-refractivity contribution in [2.24, 2.45) is 0 Å². The lowest BCUT2D eigenvalue weighted by atomic mass is 10.0. The molecule has 1 atom stereocenters. The third kappa shape index (κ3) is 5.31. The molecule has 5 nitrogen and oxygen atoms in total. The van der Waals surface area contributed by atoms with Crippen molar-refractivity contribution in [3.8, 4) is 5.75 Å². The summed E-state index contributed by atoms with van der Waals surface area (Å²) in [5.74, 6) is 1.52. The van der Waals surface area contributed by atoms with Crippen molar-refractivity contribution in [3.05, 3.63) is 126 Å². The second-order valence-corrected chi connectivity index (χ2v) is 8.68. The molecule has 0 fully saturated rings. The van der Waals surface area contributed by atoms with E-state index in [1.54, 1.807) is 13.2 Å². The summed E-state index contributed by atoms with van der Waals surface area (Å²) >= 11 is 0. The topological polar surface area (TPSA) is 56.2 Å². The molecular weight excluding hydrogens is 446 g/mol. The summed E-state index contributed by atoms with van der Waals surface area (Å²) in [7, 11) is 1.63. The van der Waals surface area contributed by atoms with E-state index in [0.717, 1.165) is 44.9 Å². The van der Waals surface area contributed by atoms with Crippen LogP contribution in [0.2, 0.25) is 0 Å². The smallest absolute Gasteiger partial charge is 0.251 e. The Balaban J connectivity index is 1.52. The Kier molecular flexibility index (Phi) is 7.50. The Morgan fingerprint density at radius 1 is 1.08 bits per heavy atom. The summed E-state index contributed by atoms with van der Waals surface area (Å²) in [4.78, 5) is 17.7. The normalized spacial score (nSPS) is 12.2. The Hall–Kier alpha value is -4.38. The fourth-order valence-corrected chi connectivity index (χ4v) is 4.26. The van der Waals surface area contributed by atoms with Gasteiger partial charge in [0.25, 0.3) is 5.91 Å². The zero-order valence-corrected chi connectivity index (χ0v) is 21.0. The van der Waals surface area contributed by atoms with Gasteiger partial charge in [-0.25, -0.2) is 4.98 Å². The number of benzene rings is 3. The minimum atomic E-state index is -0.159. The van der Waals surface area contributed by atoms with Crippen molar-refractivity contribution >= 4 is 22.5 Å². The molecular formula is C31H31N3O2. The van der Waals surface area contributed by atoms with E-state index in [1.807, 2.05) is 68.5 Å². The zero-order chi connectivity index (χ0) is 25.7. The number of methoxy groups -OCH3 is 1. The van der Waals surface area contributed by atoms with Crippen molar-refractivity contribution < 1.29 is 9.53 Å². The third-order valence-electron chi connectivity index (χ3n) is 6.29. The molecule has 3 aromatic carbocycles. The molecule has 182 valence electrons. The predicted octanol–water partition coefficient (Wildman–Crippen LogP) is 6.65. The maximum Gasteiger partial charge on any atom is 0.251 e. The number of carbonyl (C=O) groups is 1. The first kappa shape index (κ1) is 24.7. The molecule has 0 saturated carbocycles. The fourth-order valence-electron chi connectivity index (χ4n) is 4.26. The lowest BCUT2D eigenvalue weighted by Gasteiger charge is -2.15. The largest absolute Gasteiger partial charge is 0.497 e. The van der Waals surface area contributed by atoms with Gasteiger partial charge in [-0.15, -0.1) is 0 Å². The average Bonchev–Trinajstić information content (AvgIpc) is 3.21. The average molecular weight is 478 g/mol. The van der Waals surface area contributed by atoms with Crippen LogP contribution >= 0.6 is 0 Å². The molecule has 4 rings (SSSR count). The van der Waals surface area contributed by atoms with Gasteiger partial charge in [-0.2, -0.15) is 0 Å². The highest BCUT2D eigenvalue weighted by Gasteiger charge is 2.15. The van der Waals surface area contributed by atoms with Crippen molar-refractivity contribution in [1.29, 1.82) is 0 Å². The van der Waals surface area contributed by atoms with Crippen molar-refractivity contribution in [1.82, 2.24) is 14.9 Å². The van der Waals surface area contributed by atoms with Gasteiger partial charge < -0.3 is 14.6 Å². The molecule has 0 aliphatic heterocycles. The molecule has 1 N–H and O–H groups in total. The highest BCUT2D eigenvalue weighted by atomic mass is 16.5. The van der Waals surface area contributed by atoms with E-state index in [4.69, 9.17) is 9.72 Å². The third-order valence-corrected chi connectivity index (χ3v) is 6.29. The zero-order valence-electron chi connectivity index (χ0n) is 21.0. The SMILES string of the molecule is C=C/C=C(\C=C)c1ccc(Cn2c(C)nc3cc(C(=O)N[C@@H](C)c4cccc(OC)c4)ccc32)cc1. The van der Waals surface area contributed by atoms with E-state index in [0.29, 0.717) is 12.1 Å². The maximum absolute atomic E-state index is 13.0. The van der Waals surface area contributed by atoms with Crippen LogP contribution in [-0.4, -0.2) is 22.6 Å². The number of aromatic nitrogens is 2. The summed E-state index contributed by atoms with van der Waals surface area (Å²) in [6, 6.07) is 21.6. The molecule has 0 bridgehead atoms. The number of hydrogen-bond acceptors (Lipinski definition) is 3. The molecule has 0 aliphatic rings. The van der Waals surface area contributed by atoms with Crippen LogP contribution in [0.3, 0.4) is 0 Å². The van der Waals surface area contributed by atoms with Gasteiger partial charge in [-0.1, -0.05) is 67.8 Å². The molecule has 1 heterocycles. The number of fused-ring (bicyclic) bond motifs is 1. The Morgan fingerprint density at radius 3 is 2.53 bits per heavy atom. The molecule has 0 unspecified atom stereocenters. The molecule has 0 spiro atoms. The van der Waals surface area contributed by atoms with Crippen LogP contribution in [0.5, 0.6) is 5.75 Å². The van der Waals surface area contributed by atoms with Gasteiger partial charge >= 0.3 is 0 Å². The first-order valence-corrected chi connectivity index (χ1v) is 11.9. The molecule has 36 heavy (non-hydrogen) atoms. The summed E-state index contributed by atoms with van der Waals surface area (Å²) in [5.41, 5.74) is 6.65. The number of rotatable bonds is 9. The van der Waals surface area contributed by atoms with Gasteiger partial charge in [0.2, 0.25) is 0 Å². The minimum absolute atomic E-state index is 0.138. The molecule has 4 aromatic rings. The van der Waals surface area contributed by atoms with Crippen molar-refractivity contribution in [3.63, 3.8) is 0 Å². The standard InChI is InChI=1S/C31H31N3O2/c1-6-9-24(7-2)25-14-12-23(13-15-25)20-34-22(4)33-29-19-27(16-17-30(29)34)31(35)32-21(3)26-10-8-11-28(18-26)36-5/h6-19,21H,1-2,20H2,3-5H3,(H,32,35)/b24-9+/t21-/m0/s1. The van der Waals surface area contributed by atoms with Gasteiger partial charge in [0, 0.05) is 12.1 Å². The predicted molar refractivity (Wildman–Crippen MR) is 147 cm³/mol. The first-order valence-electron chi connectivity index (χ1n) is 11.9. The van der Waals surface area contributed by atoms with E-state index in [9.17, 15) is 4.79 Å². The van der Waals surface area contributed by atoms with Crippen LogP contribution < -0.4 is 10.1 Å². The molecule has 5 heteroatoms. The number of amides is 1. The van der Waals surface area contributed by atoms with Gasteiger partial charge in [-0.05, 0) is 66.4 Å². The number of imidazole rings is 1. The van der Waals surface area contributed by atoms with E-state index < -0.39 is 0 Å². The minimum Gasteiger partial charge on any atom is -0.497 e. The van der Waals surface area contributed by atoms with E-state index in [-0.39, 0.29) is 11.9 Å². The van der Waals surface area contributed by atoms with Crippen LogP contribution in [0.25, 0.3) is 16.6 Å². The number of ether oxygens (including phenoxy) is 1. The first-order chi connectivity index (χ1) is 17.4. The van der Waals surface area contributed by atoms with Crippen molar-refractivity contribution in [2.75, 3.05) is 7.11 Å². The maximum atomic E-state index is 13.0. The number of allylic oxidation sites excluding steroid dienone is 4. The summed E-state index contributed by atoms with van der Waals surface area (Å²) in [5, 5.41) is 3.07. The second-order valence-electron chi connectivity index (χ2n) is 8.68. The summed E-state index contributed by atoms with van der Waals surface area (Å²) in [6.07, 6.45) is 5.54. The van der Waals surface area contributed by atoms with Gasteiger partial charge in [-0.3, -0.25) is 4.79 Å². The van der Waals surface area contributed by atoms with Crippen LogP contribution in [0.15, 0.2) is 98.1 Å². The quantitative estimate of drug-likeness (QED) is 0.275. The van der Waals surface area contributed by atoms with Crippen molar-refractivity contribution in [2.45, 2.75) is 26.4 Å². The van der Waals surface area contributed by atoms with Crippen LogP contribution in [0, 0.1) is 6.92 Å². The number of aryl methyl sites for hydroxylation is 1. The Bertz CT molecular complexity index is 1440. The van der Waals surface area contributed by atoms with Gasteiger partial charge in [0.15, 0.2) is 0 Å². The highest BCUT2D eigenvalue weighted by molar-refractivity contribution is 5.97. The van der Waals surface area contributed by atoms with Gasteiger partial charge in [0.1, 0.15) is 11.6 Å². The molecule has 1 aromatic heterocycles. The van der Waals surface area contributed by atoms with Crippen LogP contribution in [0.4, 0.5) is 0 Å². The summed E-state index contributed by atoms with van der Waals surface area (Å²) < 4.78 is 7.46.